The lowest BCUT2D eigenvalue weighted by atomic mass is 9.96. The Hall–Kier alpha value is -5.95. The first-order valence-electron chi connectivity index (χ1n) is 21.2. The molecular formula is C39H65N11O14. The Balaban J connectivity index is 2.26. The number of primary amides is 2. The highest BCUT2D eigenvalue weighted by Crippen LogP contribution is 2.22. The average Bonchev–Trinajstić information content (AvgIpc) is 3.94. The third-order valence-electron chi connectivity index (χ3n) is 10.9. The second-order valence-corrected chi connectivity index (χ2v) is 16.3. The van der Waals surface area contributed by atoms with Crippen molar-refractivity contribution in [3.8, 4) is 0 Å². The number of nitrogens with one attached hydrogen (secondary N) is 6. The van der Waals surface area contributed by atoms with Gasteiger partial charge >= 0.3 is 5.97 Å². The molecule has 2 heterocycles. The summed E-state index contributed by atoms with van der Waals surface area (Å²) in [5.41, 5.74) is 16.1. The van der Waals surface area contributed by atoms with E-state index in [1.165, 1.54) is 0 Å². The number of likely N-dealkylation sites (tertiary alicyclic amines) is 2. The Labute approximate surface area is 370 Å². The summed E-state index contributed by atoms with van der Waals surface area (Å²) in [6.07, 6.45) is 0.0380. The molecule has 25 heteroatoms. The highest BCUT2D eigenvalue weighted by molar-refractivity contribution is 5.99. The van der Waals surface area contributed by atoms with E-state index in [1.807, 2.05) is 0 Å². The predicted octanol–water partition coefficient (Wildman–Crippen LogP) is -5.86. The van der Waals surface area contributed by atoms with Crippen LogP contribution >= 0.6 is 0 Å². The quantitative estimate of drug-likeness (QED) is 0.0385. The molecular weight excluding hydrogens is 846 g/mol. The van der Waals surface area contributed by atoms with E-state index in [1.54, 1.807) is 27.7 Å². The van der Waals surface area contributed by atoms with Gasteiger partial charge in [-0.3, -0.25) is 47.9 Å². The molecule has 0 aromatic carbocycles. The summed E-state index contributed by atoms with van der Waals surface area (Å²) in [4.78, 5) is 144. The fourth-order valence-electron chi connectivity index (χ4n) is 7.31. The summed E-state index contributed by atoms with van der Waals surface area (Å²) < 4.78 is 0. The highest BCUT2D eigenvalue weighted by atomic mass is 16.4. The molecule has 0 saturated carbocycles. The van der Waals surface area contributed by atoms with Crippen molar-refractivity contribution in [3.05, 3.63) is 0 Å². The van der Waals surface area contributed by atoms with Crippen molar-refractivity contribution in [2.75, 3.05) is 32.8 Å². The van der Waals surface area contributed by atoms with Crippen molar-refractivity contribution >= 4 is 65.0 Å². The van der Waals surface area contributed by atoms with Crippen LogP contribution in [0, 0.1) is 11.8 Å². The van der Waals surface area contributed by atoms with E-state index in [-0.39, 0.29) is 57.5 Å². The second kappa shape index (κ2) is 26.0. The largest absolute Gasteiger partial charge is 0.480 e. The van der Waals surface area contributed by atoms with E-state index in [2.05, 4.69) is 31.9 Å². The van der Waals surface area contributed by atoms with Gasteiger partial charge in [0.25, 0.3) is 0 Å². The molecule has 2 rings (SSSR count). The van der Waals surface area contributed by atoms with E-state index >= 15 is 0 Å². The van der Waals surface area contributed by atoms with Crippen LogP contribution in [0.25, 0.3) is 0 Å². The standard InChI is InChI=1S/C39H65N11O14/c1-5-20(4)31(36(60)44-21(10-11-28(41)53)37(61)50-13-7-9-27(50)39(63)64)48-35(59)26-8-6-12-49(26)38(62)23(15-29(42)54)45-33(57)24(17-51)47-34(58)25(18-52)46-32(56)22(14-19(2)3)43-30(55)16-40/h19-27,31,51-52H,5-18,40H2,1-4H3,(H2,41,53)(H2,42,54)(H,43,55)(H,44,60)(H,45,57)(H,46,56)(H,47,58)(H,48,59)(H,63,64)/t20-,21-,22-,23-,24-,25-,26-,27-,31-/m0/s1. The molecule has 0 aromatic rings. The Morgan fingerprint density at radius 1 is 0.641 bits per heavy atom. The monoisotopic (exact) mass is 911 g/mol. The third-order valence-corrected chi connectivity index (χ3v) is 10.9. The molecule has 0 radical (unpaired) electrons. The number of carboxylic acid groups (broad SMARTS) is 1. The summed E-state index contributed by atoms with van der Waals surface area (Å²) in [5.74, 6) is -10.9. The van der Waals surface area contributed by atoms with Crippen molar-refractivity contribution in [2.45, 2.75) is 134 Å². The number of carboxylic acids is 1. The minimum absolute atomic E-state index is 0.0475. The normalized spacial score (nSPS) is 19.2. The number of carbonyl (C=O) groups is 11. The molecule has 0 unspecified atom stereocenters. The maximum absolute atomic E-state index is 14.0. The summed E-state index contributed by atoms with van der Waals surface area (Å²) in [5, 5.41) is 43.9. The van der Waals surface area contributed by atoms with Crippen LogP contribution in [-0.2, 0) is 52.7 Å². The number of hydrogen-bond acceptors (Lipinski definition) is 14. The SMILES string of the molecule is CC[C@H](C)[C@H](NC(=O)[C@@H]1CCCN1C(=O)[C@H](CC(N)=O)NC(=O)[C@H](CO)NC(=O)[C@H](CO)NC(=O)[C@H](CC(C)C)NC(=O)CN)C(=O)N[C@@H](CCC(N)=O)C(=O)N1CCC[C@H]1C(=O)O. The van der Waals surface area contributed by atoms with Crippen molar-refractivity contribution in [1.29, 1.82) is 0 Å². The van der Waals surface area contributed by atoms with Crippen molar-refractivity contribution in [1.82, 2.24) is 41.7 Å². The van der Waals surface area contributed by atoms with Gasteiger partial charge in [0.15, 0.2) is 0 Å². The van der Waals surface area contributed by atoms with Crippen LogP contribution in [0.5, 0.6) is 0 Å². The molecule has 360 valence electrons. The maximum Gasteiger partial charge on any atom is 0.326 e. The van der Waals surface area contributed by atoms with Crippen molar-refractivity contribution in [2.24, 2.45) is 29.0 Å². The molecule has 0 bridgehead atoms. The molecule has 10 amide bonds. The Morgan fingerprint density at radius 3 is 1.59 bits per heavy atom. The van der Waals surface area contributed by atoms with Gasteiger partial charge in [-0.25, -0.2) is 4.79 Å². The van der Waals surface area contributed by atoms with Gasteiger partial charge in [-0.1, -0.05) is 34.1 Å². The van der Waals surface area contributed by atoms with Crippen LogP contribution < -0.4 is 49.1 Å². The first kappa shape index (κ1) is 54.2. The fraction of sp³-hybridized carbons (Fsp3) is 0.718. The van der Waals surface area contributed by atoms with E-state index in [4.69, 9.17) is 17.2 Å². The summed E-state index contributed by atoms with van der Waals surface area (Å²) in [6, 6.07) is -11.4. The number of aliphatic carboxylic acids is 1. The molecule has 9 atom stereocenters. The van der Waals surface area contributed by atoms with E-state index in [0.29, 0.717) is 12.8 Å². The molecule has 2 saturated heterocycles. The van der Waals surface area contributed by atoms with Crippen LogP contribution in [0.4, 0.5) is 0 Å². The minimum Gasteiger partial charge on any atom is -0.480 e. The Morgan fingerprint density at radius 2 is 1.12 bits per heavy atom. The van der Waals surface area contributed by atoms with Gasteiger partial charge < -0.3 is 74.2 Å². The average molecular weight is 912 g/mol. The molecule has 64 heavy (non-hydrogen) atoms. The third kappa shape index (κ3) is 16.0. The van der Waals surface area contributed by atoms with Gasteiger partial charge in [-0.15, -0.1) is 0 Å². The van der Waals surface area contributed by atoms with E-state index < -0.39 is 145 Å². The smallest absolute Gasteiger partial charge is 0.326 e. The summed E-state index contributed by atoms with van der Waals surface area (Å²) in [7, 11) is 0. The first-order valence-corrected chi connectivity index (χ1v) is 21.2. The van der Waals surface area contributed by atoms with Gasteiger partial charge in [-0.2, -0.15) is 0 Å². The molecule has 2 fully saturated rings. The van der Waals surface area contributed by atoms with Crippen LogP contribution in [0.15, 0.2) is 0 Å². The van der Waals surface area contributed by atoms with Gasteiger partial charge in [0.1, 0.15) is 48.3 Å². The summed E-state index contributed by atoms with van der Waals surface area (Å²) in [6.45, 7) is 4.50. The van der Waals surface area contributed by atoms with Crippen molar-refractivity contribution < 1.29 is 68.1 Å². The maximum atomic E-state index is 14.0. The molecule has 25 nitrogen and oxygen atoms in total. The van der Waals surface area contributed by atoms with Gasteiger partial charge in [0.2, 0.25) is 59.1 Å². The lowest BCUT2D eigenvalue weighted by Crippen LogP contribution is -2.61. The molecule has 2 aliphatic heterocycles. The molecule has 15 N–H and O–H groups in total. The Kier molecular flexibility index (Phi) is 22.0. The molecule has 0 aromatic heterocycles. The van der Waals surface area contributed by atoms with Gasteiger partial charge in [0.05, 0.1) is 26.2 Å². The number of amides is 10. The number of nitrogens with two attached hydrogens (primary N) is 3. The van der Waals surface area contributed by atoms with E-state index in [9.17, 15) is 68.1 Å². The van der Waals surface area contributed by atoms with Crippen LogP contribution in [0.2, 0.25) is 0 Å². The second-order valence-electron chi connectivity index (χ2n) is 16.3. The number of nitrogens with zero attached hydrogens (tertiary/aromatic N) is 2. The van der Waals surface area contributed by atoms with Gasteiger partial charge in [0, 0.05) is 19.5 Å². The van der Waals surface area contributed by atoms with Gasteiger partial charge in [-0.05, 0) is 50.4 Å². The molecule has 0 spiro atoms. The topological polar surface area (TPSA) is 405 Å². The lowest BCUT2D eigenvalue weighted by Gasteiger charge is -2.32. The predicted molar refractivity (Wildman–Crippen MR) is 223 cm³/mol. The highest BCUT2D eigenvalue weighted by Gasteiger charge is 2.42. The number of aliphatic hydroxyl groups excluding tert-OH is 2. The zero-order valence-corrected chi connectivity index (χ0v) is 36.6. The van der Waals surface area contributed by atoms with E-state index in [0.717, 1.165) is 9.80 Å². The minimum atomic E-state index is -1.81. The number of rotatable bonds is 26. The molecule has 0 aliphatic carbocycles. The zero-order valence-electron chi connectivity index (χ0n) is 36.6. The lowest BCUT2D eigenvalue weighted by molar-refractivity contribution is -0.149. The Bertz CT molecular complexity index is 1730. The number of hydrogen-bond donors (Lipinski definition) is 12. The molecule has 2 aliphatic rings. The fourth-order valence-corrected chi connectivity index (χ4v) is 7.31. The number of aliphatic hydroxyl groups is 2. The van der Waals surface area contributed by atoms with Crippen LogP contribution in [-0.4, -0.2) is 171 Å². The summed E-state index contributed by atoms with van der Waals surface area (Å²) >= 11 is 0. The number of carbonyl (C=O) groups excluding carboxylic acids is 10. The zero-order chi connectivity index (χ0) is 48.4. The van der Waals surface area contributed by atoms with Crippen molar-refractivity contribution in [3.63, 3.8) is 0 Å². The van der Waals surface area contributed by atoms with Crippen LogP contribution in [0.1, 0.15) is 85.5 Å². The first-order chi connectivity index (χ1) is 30.1. The van der Waals surface area contributed by atoms with Crippen LogP contribution in [0.3, 0.4) is 0 Å².